The van der Waals surface area contributed by atoms with Gasteiger partial charge in [-0.15, -0.1) is 0 Å². The van der Waals surface area contributed by atoms with Crippen molar-refractivity contribution in [2.24, 2.45) is 5.92 Å². The Balaban J connectivity index is 1.48. The first-order valence-corrected chi connectivity index (χ1v) is 8.87. The second-order valence-electron chi connectivity index (χ2n) is 7.12. The van der Waals surface area contributed by atoms with Crippen molar-refractivity contribution in [2.45, 2.75) is 25.4 Å². The molecule has 3 aliphatic rings. The van der Waals surface area contributed by atoms with Gasteiger partial charge < -0.3 is 4.90 Å². The summed E-state index contributed by atoms with van der Waals surface area (Å²) >= 11 is 0. The Bertz CT molecular complexity index is 734. The number of carbonyl (C=O) groups excluding carboxylic acids is 1. The first-order valence-electron chi connectivity index (χ1n) is 8.87. The quantitative estimate of drug-likeness (QED) is 0.863. The van der Waals surface area contributed by atoms with Gasteiger partial charge in [-0.05, 0) is 48.6 Å². The van der Waals surface area contributed by atoms with Gasteiger partial charge in [-0.1, -0.05) is 12.1 Å². The van der Waals surface area contributed by atoms with Gasteiger partial charge in [-0.2, -0.15) is 0 Å². The fourth-order valence-electron chi connectivity index (χ4n) is 4.06. The van der Waals surface area contributed by atoms with E-state index in [1.165, 1.54) is 18.6 Å². The van der Waals surface area contributed by atoms with Crippen molar-refractivity contribution < 1.29 is 9.18 Å². The van der Waals surface area contributed by atoms with Crippen LogP contribution in [0.2, 0.25) is 0 Å². The van der Waals surface area contributed by atoms with Crippen LogP contribution in [0.3, 0.4) is 0 Å². The molecule has 2 aromatic rings. The maximum Gasteiger partial charge on any atom is 0.255 e. The van der Waals surface area contributed by atoms with Crippen molar-refractivity contribution in [3.05, 3.63) is 65.7 Å². The van der Waals surface area contributed by atoms with Crippen LogP contribution in [0.1, 0.15) is 28.8 Å². The summed E-state index contributed by atoms with van der Waals surface area (Å²) in [4.78, 5) is 21.4. The van der Waals surface area contributed by atoms with Gasteiger partial charge in [0.1, 0.15) is 5.82 Å². The second kappa shape index (κ2) is 6.92. The Morgan fingerprint density at radius 1 is 1.12 bits per heavy atom. The third-order valence-electron chi connectivity index (χ3n) is 5.28. The van der Waals surface area contributed by atoms with E-state index in [9.17, 15) is 9.18 Å². The zero-order chi connectivity index (χ0) is 17.2. The van der Waals surface area contributed by atoms with Crippen LogP contribution < -0.4 is 0 Å². The van der Waals surface area contributed by atoms with Crippen LogP contribution in [-0.4, -0.2) is 46.4 Å². The number of aromatic nitrogens is 1. The summed E-state index contributed by atoms with van der Waals surface area (Å²) in [6.45, 7) is 3.49. The summed E-state index contributed by atoms with van der Waals surface area (Å²) in [5, 5.41) is 0. The van der Waals surface area contributed by atoms with Crippen LogP contribution in [0, 0.1) is 11.7 Å². The smallest absolute Gasteiger partial charge is 0.255 e. The number of amides is 1. The molecule has 4 nitrogen and oxygen atoms in total. The minimum Gasteiger partial charge on any atom is -0.334 e. The molecule has 3 fully saturated rings. The Morgan fingerprint density at radius 3 is 2.72 bits per heavy atom. The molecule has 4 heterocycles. The average Bonchev–Trinajstić information content (AvgIpc) is 2.94. The lowest BCUT2D eigenvalue weighted by Gasteiger charge is -2.36. The van der Waals surface area contributed by atoms with E-state index < -0.39 is 0 Å². The largest absolute Gasteiger partial charge is 0.334 e. The number of fused-ring (bicyclic) bond motifs is 4. The van der Waals surface area contributed by atoms with E-state index in [2.05, 4.69) is 9.88 Å². The molecular weight excluding hydrogens is 317 g/mol. The number of pyridine rings is 1. The zero-order valence-electron chi connectivity index (χ0n) is 14.1. The molecule has 2 atom stereocenters. The molecule has 0 N–H and O–H groups in total. The van der Waals surface area contributed by atoms with Gasteiger partial charge in [0.2, 0.25) is 0 Å². The summed E-state index contributed by atoms with van der Waals surface area (Å²) in [6.07, 6.45) is 5.56. The molecule has 0 spiro atoms. The number of halogens is 1. The third-order valence-corrected chi connectivity index (χ3v) is 5.28. The molecular formula is C20H22FN3O. The van der Waals surface area contributed by atoms with Gasteiger partial charge in [-0.25, -0.2) is 4.39 Å². The Labute approximate surface area is 147 Å². The van der Waals surface area contributed by atoms with Crippen LogP contribution in [0.5, 0.6) is 0 Å². The summed E-state index contributed by atoms with van der Waals surface area (Å²) in [7, 11) is 0. The molecule has 5 rings (SSSR count). The minimum atomic E-state index is -0.201. The van der Waals surface area contributed by atoms with E-state index in [1.807, 2.05) is 29.2 Å². The number of piperidine rings is 1. The fourth-order valence-corrected chi connectivity index (χ4v) is 4.06. The number of rotatable bonds is 3. The van der Waals surface area contributed by atoms with Gasteiger partial charge in [0.25, 0.3) is 5.91 Å². The Hall–Kier alpha value is -2.27. The van der Waals surface area contributed by atoms with Crippen LogP contribution in [0.25, 0.3) is 0 Å². The van der Waals surface area contributed by atoms with Gasteiger partial charge >= 0.3 is 0 Å². The molecule has 0 saturated carbocycles. The van der Waals surface area contributed by atoms with Crippen molar-refractivity contribution >= 4 is 5.91 Å². The van der Waals surface area contributed by atoms with Crippen molar-refractivity contribution in [3.8, 4) is 0 Å². The average molecular weight is 339 g/mol. The highest BCUT2D eigenvalue weighted by molar-refractivity contribution is 5.94. The van der Waals surface area contributed by atoms with E-state index in [0.29, 0.717) is 11.5 Å². The predicted octanol–water partition coefficient (Wildman–Crippen LogP) is 2.96. The zero-order valence-corrected chi connectivity index (χ0v) is 14.1. The number of carbonyl (C=O) groups is 1. The highest BCUT2D eigenvalue weighted by atomic mass is 19.1. The Kier molecular flexibility index (Phi) is 4.49. The normalized spacial score (nSPS) is 23.5. The summed E-state index contributed by atoms with van der Waals surface area (Å²) in [5.74, 6) is 0.388. The lowest BCUT2D eigenvalue weighted by atomic mass is 9.94. The van der Waals surface area contributed by atoms with Gasteiger partial charge in [-0.3, -0.25) is 14.7 Å². The Morgan fingerprint density at radius 2 is 1.96 bits per heavy atom. The molecule has 3 saturated heterocycles. The molecule has 0 radical (unpaired) electrons. The SMILES string of the molecule is O=C(c1cccnc1)N1C[C@H]2CC[C@@H]1CN(Cc1ccc(F)cc1)C2. The number of hydrogen-bond acceptors (Lipinski definition) is 3. The van der Waals surface area contributed by atoms with Crippen LogP contribution in [-0.2, 0) is 6.54 Å². The fraction of sp³-hybridized carbons (Fsp3) is 0.400. The van der Waals surface area contributed by atoms with E-state index >= 15 is 0 Å². The molecule has 2 bridgehead atoms. The lowest BCUT2D eigenvalue weighted by molar-refractivity contribution is 0.0584. The summed E-state index contributed by atoms with van der Waals surface area (Å²) in [6, 6.07) is 10.6. The molecule has 3 aliphatic heterocycles. The first kappa shape index (κ1) is 16.2. The molecule has 25 heavy (non-hydrogen) atoms. The molecule has 1 aromatic heterocycles. The van der Waals surface area contributed by atoms with Crippen LogP contribution >= 0.6 is 0 Å². The summed E-state index contributed by atoms with van der Waals surface area (Å²) < 4.78 is 13.1. The van der Waals surface area contributed by atoms with Gasteiger partial charge in [0.05, 0.1) is 5.56 Å². The highest BCUT2D eigenvalue weighted by Crippen LogP contribution is 2.29. The van der Waals surface area contributed by atoms with Gasteiger partial charge in [0.15, 0.2) is 0 Å². The van der Waals surface area contributed by atoms with Crippen LogP contribution in [0.15, 0.2) is 48.8 Å². The van der Waals surface area contributed by atoms with Crippen LogP contribution in [0.4, 0.5) is 4.39 Å². The van der Waals surface area contributed by atoms with E-state index in [0.717, 1.165) is 38.2 Å². The molecule has 130 valence electrons. The minimum absolute atomic E-state index is 0.0893. The molecule has 0 aliphatic carbocycles. The lowest BCUT2D eigenvalue weighted by Crippen LogP contribution is -2.47. The maximum absolute atomic E-state index is 13.1. The third kappa shape index (κ3) is 3.56. The van der Waals surface area contributed by atoms with Crippen molar-refractivity contribution in [1.82, 2.24) is 14.8 Å². The predicted molar refractivity (Wildman–Crippen MR) is 93.5 cm³/mol. The van der Waals surface area contributed by atoms with E-state index in [1.54, 1.807) is 12.4 Å². The second-order valence-corrected chi connectivity index (χ2v) is 7.12. The summed E-state index contributed by atoms with van der Waals surface area (Å²) in [5.41, 5.74) is 1.79. The van der Waals surface area contributed by atoms with Crippen molar-refractivity contribution in [1.29, 1.82) is 0 Å². The standard InChI is InChI=1S/C20H22FN3O/c21-18-6-3-15(4-7-18)11-23-12-16-5-8-19(14-23)24(13-16)20(25)17-2-1-9-22-10-17/h1-4,6-7,9-10,16,19H,5,8,11-14H2/t16-,19+/m0/s1. The molecule has 0 unspecified atom stereocenters. The molecule has 5 heteroatoms. The van der Waals surface area contributed by atoms with Gasteiger partial charge in [0, 0.05) is 44.6 Å². The monoisotopic (exact) mass is 339 g/mol. The molecule has 1 amide bonds. The van der Waals surface area contributed by atoms with E-state index in [-0.39, 0.29) is 17.8 Å². The van der Waals surface area contributed by atoms with Crippen molar-refractivity contribution in [3.63, 3.8) is 0 Å². The highest BCUT2D eigenvalue weighted by Gasteiger charge is 2.37. The first-order chi connectivity index (χ1) is 12.2. The maximum atomic E-state index is 13.1. The van der Waals surface area contributed by atoms with Crippen molar-refractivity contribution in [2.75, 3.05) is 19.6 Å². The number of hydrogen-bond donors (Lipinski definition) is 0. The van der Waals surface area contributed by atoms with E-state index in [4.69, 9.17) is 0 Å². The molecule has 1 aromatic carbocycles. The number of benzene rings is 1. The topological polar surface area (TPSA) is 36.4 Å². The number of nitrogens with zero attached hydrogens (tertiary/aromatic N) is 3.